The molecule has 170 valence electrons. The van der Waals surface area contributed by atoms with E-state index in [1.807, 2.05) is 84.9 Å². The maximum absolute atomic E-state index is 13.5. The van der Waals surface area contributed by atoms with Crippen molar-refractivity contribution < 1.29 is 19.1 Å². The molecule has 0 unspecified atom stereocenters. The minimum Gasteiger partial charge on any atom is -0.468 e. The third kappa shape index (κ3) is 3.40. The summed E-state index contributed by atoms with van der Waals surface area (Å²) in [5.74, 6) is -1.54. The van der Waals surface area contributed by atoms with Crippen LogP contribution in [0.1, 0.15) is 17.0 Å². The lowest BCUT2D eigenvalue weighted by Crippen LogP contribution is -2.39. The normalized spacial score (nSPS) is 19.9. The van der Waals surface area contributed by atoms with Crippen LogP contribution >= 0.6 is 11.8 Å². The lowest BCUT2D eigenvalue weighted by atomic mass is 9.79. The number of carbonyl (C=O) groups excluding carboxylic acids is 2. The van der Waals surface area contributed by atoms with E-state index in [1.54, 1.807) is 0 Å². The number of imidazole rings is 1. The second kappa shape index (κ2) is 8.83. The zero-order chi connectivity index (χ0) is 23.7. The van der Waals surface area contributed by atoms with Crippen molar-refractivity contribution in [1.29, 1.82) is 0 Å². The van der Waals surface area contributed by atoms with E-state index in [4.69, 9.17) is 14.5 Å². The van der Waals surface area contributed by atoms with E-state index in [2.05, 4.69) is 4.98 Å². The number of ether oxygens (including phenoxy) is 2. The van der Waals surface area contributed by atoms with Crippen molar-refractivity contribution >= 4 is 39.6 Å². The third-order valence-electron chi connectivity index (χ3n) is 6.02. The predicted octanol–water partition coefficient (Wildman–Crippen LogP) is 4.93. The first-order chi connectivity index (χ1) is 16.6. The number of thioether (sulfide) groups is 1. The molecule has 0 fully saturated rings. The van der Waals surface area contributed by atoms with Gasteiger partial charge in [0.1, 0.15) is 16.5 Å². The standard InChI is InChI=1S/C27H22N2O4S/c1-32-24(30)21-22(25(31)33-2)27(18-13-7-4-8-14-18,34-23(21)17-11-5-3-6-12-17)26-28-19-15-9-10-16-20(19)29-26/h3-16,22H,1-2H3,(H,28,29)/t22-,27+/m0/s1. The van der Waals surface area contributed by atoms with E-state index >= 15 is 0 Å². The van der Waals surface area contributed by atoms with Crippen molar-refractivity contribution in [1.82, 2.24) is 9.97 Å². The average Bonchev–Trinajstić information content (AvgIpc) is 3.49. The summed E-state index contributed by atoms with van der Waals surface area (Å²) in [4.78, 5) is 35.7. The second-order valence-electron chi connectivity index (χ2n) is 7.86. The highest BCUT2D eigenvalue weighted by Gasteiger charge is 2.59. The Morgan fingerprint density at radius 1 is 0.882 bits per heavy atom. The largest absolute Gasteiger partial charge is 0.468 e. The number of nitrogens with one attached hydrogen (secondary N) is 1. The van der Waals surface area contributed by atoms with Crippen LogP contribution in [0.15, 0.2) is 90.5 Å². The molecule has 1 aliphatic rings. The molecule has 1 aliphatic heterocycles. The highest BCUT2D eigenvalue weighted by atomic mass is 32.2. The van der Waals surface area contributed by atoms with Crippen LogP contribution in [0.25, 0.3) is 15.9 Å². The summed E-state index contributed by atoms with van der Waals surface area (Å²) in [7, 11) is 2.65. The molecule has 0 aliphatic carbocycles. The van der Waals surface area contributed by atoms with E-state index in [-0.39, 0.29) is 5.57 Å². The van der Waals surface area contributed by atoms with Gasteiger partial charge in [-0.15, -0.1) is 11.8 Å². The highest BCUT2D eigenvalue weighted by Crippen LogP contribution is 2.62. The number of rotatable bonds is 5. The van der Waals surface area contributed by atoms with Crippen LogP contribution in [0.5, 0.6) is 0 Å². The number of aromatic nitrogens is 2. The molecule has 0 spiro atoms. The maximum atomic E-state index is 13.5. The van der Waals surface area contributed by atoms with Crippen LogP contribution < -0.4 is 0 Å². The van der Waals surface area contributed by atoms with Crippen molar-refractivity contribution in [2.45, 2.75) is 4.75 Å². The summed E-state index contributed by atoms with van der Waals surface area (Å²) in [6, 6.07) is 26.8. The van der Waals surface area contributed by atoms with Gasteiger partial charge in [-0.2, -0.15) is 0 Å². The molecule has 6 nitrogen and oxygen atoms in total. The van der Waals surface area contributed by atoms with E-state index in [1.165, 1.54) is 26.0 Å². The molecule has 34 heavy (non-hydrogen) atoms. The smallest absolute Gasteiger partial charge is 0.335 e. The Kier molecular flexibility index (Phi) is 5.71. The summed E-state index contributed by atoms with van der Waals surface area (Å²) in [5, 5.41) is 0. The van der Waals surface area contributed by atoms with Crippen molar-refractivity contribution in [3.63, 3.8) is 0 Å². The molecule has 4 aromatic rings. The monoisotopic (exact) mass is 470 g/mol. The molecule has 5 rings (SSSR count). The molecule has 1 aromatic heterocycles. The highest BCUT2D eigenvalue weighted by molar-refractivity contribution is 8.09. The van der Waals surface area contributed by atoms with Crippen molar-refractivity contribution in [2.75, 3.05) is 14.2 Å². The van der Waals surface area contributed by atoms with Gasteiger partial charge in [-0.3, -0.25) is 4.79 Å². The fraction of sp³-hybridized carbons (Fsp3) is 0.148. The molecule has 0 saturated heterocycles. The van der Waals surface area contributed by atoms with Crippen molar-refractivity contribution in [3.8, 4) is 0 Å². The van der Waals surface area contributed by atoms with E-state index < -0.39 is 22.6 Å². The number of fused-ring (bicyclic) bond motifs is 1. The Morgan fingerprint density at radius 3 is 2.18 bits per heavy atom. The number of hydrogen-bond acceptors (Lipinski definition) is 6. The lowest BCUT2D eigenvalue weighted by Gasteiger charge is -2.33. The van der Waals surface area contributed by atoms with Crippen molar-refractivity contribution in [2.24, 2.45) is 5.92 Å². The molecular formula is C27H22N2O4S. The molecule has 0 amide bonds. The van der Waals surface area contributed by atoms with E-state index in [0.29, 0.717) is 10.7 Å². The molecule has 0 radical (unpaired) electrons. The number of H-pyrrole nitrogens is 1. The minimum absolute atomic E-state index is 0.259. The van der Waals surface area contributed by atoms with Gasteiger partial charge >= 0.3 is 11.9 Å². The lowest BCUT2D eigenvalue weighted by molar-refractivity contribution is -0.148. The number of nitrogens with zero attached hydrogens (tertiary/aromatic N) is 1. The summed E-state index contributed by atoms with van der Waals surface area (Å²) in [6.07, 6.45) is 0. The third-order valence-corrected chi connectivity index (χ3v) is 7.67. The van der Waals surface area contributed by atoms with Crippen LogP contribution in [0.2, 0.25) is 0 Å². The van der Waals surface area contributed by atoms with Crippen LogP contribution in [-0.4, -0.2) is 36.1 Å². The summed E-state index contributed by atoms with van der Waals surface area (Å²) in [6.45, 7) is 0. The molecule has 0 saturated carbocycles. The summed E-state index contributed by atoms with van der Waals surface area (Å²) in [5.41, 5.74) is 3.50. The maximum Gasteiger partial charge on any atom is 0.335 e. The molecule has 1 N–H and O–H groups in total. The summed E-state index contributed by atoms with van der Waals surface area (Å²) < 4.78 is 9.38. The van der Waals surface area contributed by atoms with Gasteiger partial charge < -0.3 is 14.5 Å². The Bertz CT molecular complexity index is 1360. The van der Waals surface area contributed by atoms with Crippen LogP contribution in [0, 0.1) is 5.92 Å². The van der Waals surface area contributed by atoms with E-state index in [9.17, 15) is 9.59 Å². The van der Waals surface area contributed by atoms with Crippen LogP contribution in [0.4, 0.5) is 0 Å². The number of esters is 2. The average molecular weight is 471 g/mol. The number of aromatic amines is 1. The Hall–Kier alpha value is -3.84. The molecule has 7 heteroatoms. The Morgan fingerprint density at radius 2 is 1.53 bits per heavy atom. The van der Waals surface area contributed by atoms with Gasteiger partial charge in [0, 0.05) is 4.91 Å². The molecule has 3 aromatic carbocycles. The quantitative estimate of drug-likeness (QED) is 0.417. The van der Waals surface area contributed by atoms with Gasteiger partial charge in [0.15, 0.2) is 0 Å². The van der Waals surface area contributed by atoms with Gasteiger partial charge in [-0.05, 0) is 23.3 Å². The van der Waals surface area contributed by atoms with Gasteiger partial charge in [0.05, 0.1) is 30.8 Å². The molecule has 0 bridgehead atoms. The number of carbonyl (C=O) groups is 2. The molecular weight excluding hydrogens is 448 g/mol. The van der Waals surface area contributed by atoms with Crippen molar-refractivity contribution in [3.05, 3.63) is 107 Å². The second-order valence-corrected chi connectivity index (χ2v) is 9.12. The van der Waals surface area contributed by atoms with Gasteiger partial charge in [-0.1, -0.05) is 72.8 Å². The zero-order valence-corrected chi connectivity index (χ0v) is 19.5. The fourth-order valence-electron chi connectivity index (χ4n) is 4.50. The van der Waals surface area contributed by atoms with Gasteiger partial charge in [-0.25, -0.2) is 9.78 Å². The Balaban J connectivity index is 1.85. The Labute approximate surface area is 201 Å². The van der Waals surface area contributed by atoms with Gasteiger partial charge in [0.25, 0.3) is 0 Å². The number of benzene rings is 3. The number of hydrogen-bond donors (Lipinski definition) is 1. The molecule has 2 heterocycles. The molecule has 2 atom stereocenters. The predicted molar refractivity (Wildman–Crippen MR) is 132 cm³/mol. The van der Waals surface area contributed by atoms with Crippen LogP contribution in [-0.2, 0) is 23.8 Å². The topological polar surface area (TPSA) is 81.3 Å². The van der Waals surface area contributed by atoms with E-state index in [0.717, 1.165) is 22.2 Å². The summed E-state index contributed by atoms with van der Waals surface area (Å²) >= 11 is 1.42. The zero-order valence-electron chi connectivity index (χ0n) is 18.6. The SMILES string of the molecule is COC(=O)C1=C(c2ccccc2)S[C@@](c2ccccc2)(c2nc3ccccc3[nH]2)[C@@H]1C(=O)OC. The van der Waals surface area contributed by atoms with Gasteiger partial charge in [0.2, 0.25) is 0 Å². The minimum atomic E-state index is -1.08. The first-order valence-electron chi connectivity index (χ1n) is 10.8. The first kappa shape index (κ1) is 22.0. The van der Waals surface area contributed by atoms with Crippen LogP contribution in [0.3, 0.4) is 0 Å². The number of methoxy groups -OCH3 is 2. The fourth-order valence-corrected chi connectivity index (χ4v) is 6.16. The number of para-hydroxylation sites is 2. The first-order valence-corrected chi connectivity index (χ1v) is 11.6.